The van der Waals surface area contributed by atoms with Crippen molar-refractivity contribution in [2.75, 3.05) is 33.9 Å². The van der Waals surface area contributed by atoms with Crippen molar-refractivity contribution in [1.29, 1.82) is 0 Å². The molecule has 0 aliphatic carbocycles. The molecule has 1 unspecified atom stereocenters. The second kappa shape index (κ2) is 19.8. The molecule has 7 N–H and O–H groups in total. The van der Waals surface area contributed by atoms with E-state index in [1.165, 1.54) is 9.91 Å². The Labute approximate surface area is 364 Å². The number of aryl methyl sites for hydroxylation is 1. The molecule has 334 valence electrons. The SMILES string of the molecule is CCn1c(-c2cccnc2COC)c2c3cc(ccc31)-c1cc(O)cc(c1)C[C@H](NC(=O)C(C(C)C)N(C)C(=O)[C@H](N)CCCN)C(=O)N1CCC[C@H](N1)C(=O)OCC(C)(C)C2. The highest BCUT2D eigenvalue weighted by molar-refractivity contribution is 5.96. The van der Waals surface area contributed by atoms with Gasteiger partial charge in [-0.25, -0.2) is 5.43 Å². The number of phenolic OH excluding ortho intramolecular Hbond substituents is 1. The average Bonchev–Trinajstić information content (AvgIpc) is 3.54. The molecule has 15 heteroatoms. The van der Waals surface area contributed by atoms with Crippen molar-refractivity contribution in [3.63, 3.8) is 0 Å². The van der Waals surface area contributed by atoms with E-state index in [0.29, 0.717) is 57.4 Å². The Bertz CT molecular complexity index is 2270. The van der Waals surface area contributed by atoms with Crippen molar-refractivity contribution in [2.24, 2.45) is 22.8 Å². The Morgan fingerprint density at radius 1 is 1.15 bits per heavy atom. The van der Waals surface area contributed by atoms with Crippen LogP contribution in [0.2, 0.25) is 0 Å². The molecule has 6 bridgehead atoms. The zero-order valence-corrected chi connectivity index (χ0v) is 37.2. The average molecular weight is 853 g/mol. The number of hydrogen-bond donors (Lipinski definition) is 5. The molecule has 2 aromatic heterocycles. The van der Waals surface area contributed by atoms with Crippen LogP contribution in [0, 0.1) is 11.3 Å². The van der Waals surface area contributed by atoms with Crippen molar-refractivity contribution in [1.82, 2.24) is 30.2 Å². The number of fused-ring (bicyclic) bond motifs is 6. The number of ether oxygens (including phenoxy) is 2. The number of cyclic esters (lactones) is 1. The van der Waals surface area contributed by atoms with E-state index in [9.17, 15) is 24.3 Å². The number of carbonyl (C=O) groups is 4. The highest BCUT2D eigenvalue weighted by Gasteiger charge is 2.38. The zero-order valence-electron chi connectivity index (χ0n) is 37.2. The first kappa shape index (κ1) is 46.2. The third kappa shape index (κ3) is 10.1. The predicted octanol–water partition coefficient (Wildman–Crippen LogP) is 4.44. The first-order valence-electron chi connectivity index (χ1n) is 21.8. The fourth-order valence-electron chi connectivity index (χ4n) is 8.96. The maximum atomic E-state index is 14.6. The van der Waals surface area contributed by atoms with Crippen LogP contribution in [0.25, 0.3) is 33.3 Å². The molecule has 62 heavy (non-hydrogen) atoms. The Hall–Kier alpha value is -5.35. The molecule has 4 aromatic rings. The molecule has 0 spiro atoms. The predicted molar refractivity (Wildman–Crippen MR) is 238 cm³/mol. The standard InChI is InChI=1S/C47H64N8O7/c1-8-54-40-16-15-30-24-34(40)35(42(54)33-12-10-18-50-39(33)26-61-7)25-47(4,5)27-62-46(60)37-14-11-19-55(52-37)45(59)38(22-29-20-31(30)23-32(56)21-29)51-43(57)41(28(2)3)53(6)44(58)36(49)13-9-17-48/h10,12,15-16,18,20-21,23-24,28,36-38,41,52,56H,8-9,11,13-14,17,19,22,25-27,48-49H2,1-7H3,(H,51,57)/t36-,37+,38+,41?/m1/s1. The van der Waals surface area contributed by atoms with Crippen molar-refractivity contribution >= 4 is 34.6 Å². The summed E-state index contributed by atoms with van der Waals surface area (Å²) >= 11 is 0. The molecule has 2 aliphatic heterocycles. The van der Waals surface area contributed by atoms with Crippen molar-refractivity contribution in [3.05, 3.63) is 71.5 Å². The second-order valence-corrected chi connectivity index (χ2v) is 17.8. The molecular weight excluding hydrogens is 789 g/mol. The fraction of sp³-hybridized carbons (Fsp3) is 0.511. The highest BCUT2D eigenvalue weighted by Crippen LogP contribution is 2.41. The number of amides is 3. The monoisotopic (exact) mass is 852 g/mol. The number of rotatable bonds is 12. The summed E-state index contributed by atoms with van der Waals surface area (Å²) in [6.07, 6.45) is 4.20. The number of nitrogens with zero attached hydrogens (tertiary/aromatic N) is 4. The van der Waals surface area contributed by atoms with Crippen LogP contribution in [0.4, 0.5) is 0 Å². The minimum Gasteiger partial charge on any atom is -0.508 e. The number of phenols is 1. The number of nitrogens with one attached hydrogen (secondary N) is 2. The lowest BCUT2D eigenvalue weighted by Crippen LogP contribution is -2.62. The minimum absolute atomic E-state index is 0.000909. The normalized spacial score (nSPS) is 19.2. The molecule has 2 aliphatic rings. The van der Waals surface area contributed by atoms with E-state index in [0.717, 1.165) is 44.5 Å². The number of nitrogens with two attached hydrogens (primary N) is 2. The number of pyridine rings is 1. The molecule has 2 aromatic carbocycles. The lowest BCUT2D eigenvalue weighted by atomic mass is 9.84. The smallest absolute Gasteiger partial charge is 0.324 e. The molecule has 0 radical (unpaired) electrons. The third-order valence-electron chi connectivity index (χ3n) is 12.0. The van der Waals surface area contributed by atoms with E-state index in [1.54, 1.807) is 32.5 Å². The largest absolute Gasteiger partial charge is 0.508 e. The van der Waals surface area contributed by atoms with E-state index < -0.39 is 53.3 Å². The van der Waals surface area contributed by atoms with Crippen LogP contribution in [0.1, 0.15) is 77.1 Å². The molecule has 3 amide bonds. The summed E-state index contributed by atoms with van der Waals surface area (Å²) in [6.45, 7) is 11.7. The first-order valence-corrected chi connectivity index (χ1v) is 21.8. The minimum atomic E-state index is -1.15. The molecular formula is C47H64N8O7. The van der Waals surface area contributed by atoms with Crippen LogP contribution < -0.4 is 22.2 Å². The van der Waals surface area contributed by atoms with Gasteiger partial charge in [0.15, 0.2) is 0 Å². The lowest BCUT2D eigenvalue weighted by molar-refractivity contribution is -0.155. The van der Waals surface area contributed by atoms with Gasteiger partial charge in [-0.05, 0) is 110 Å². The van der Waals surface area contributed by atoms with E-state index in [4.69, 9.17) is 25.9 Å². The summed E-state index contributed by atoms with van der Waals surface area (Å²) in [4.78, 5) is 62.2. The summed E-state index contributed by atoms with van der Waals surface area (Å²) in [7, 11) is 3.20. The summed E-state index contributed by atoms with van der Waals surface area (Å²) in [6, 6.07) is 11.7. The highest BCUT2D eigenvalue weighted by atomic mass is 16.5. The summed E-state index contributed by atoms with van der Waals surface area (Å²) in [5, 5.41) is 16.6. The van der Waals surface area contributed by atoms with Crippen LogP contribution in [-0.4, -0.2) is 106 Å². The van der Waals surface area contributed by atoms with Crippen molar-refractivity contribution in [3.8, 4) is 28.1 Å². The molecule has 15 nitrogen and oxygen atoms in total. The molecule has 1 fully saturated rings. The van der Waals surface area contributed by atoms with Crippen molar-refractivity contribution < 1.29 is 33.8 Å². The van der Waals surface area contributed by atoms with E-state index in [2.05, 4.69) is 54.3 Å². The summed E-state index contributed by atoms with van der Waals surface area (Å²) in [5.41, 5.74) is 21.5. The number of aromatic nitrogens is 2. The van der Waals surface area contributed by atoms with Gasteiger partial charge in [-0.2, -0.15) is 0 Å². The lowest BCUT2D eigenvalue weighted by Gasteiger charge is -2.37. The Kier molecular flexibility index (Phi) is 14.7. The number of esters is 1. The van der Waals surface area contributed by atoms with Gasteiger partial charge < -0.3 is 40.8 Å². The van der Waals surface area contributed by atoms with Gasteiger partial charge in [0.05, 0.1) is 30.6 Å². The molecule has 4 heterocycles. The number of hydrazine groups is 1. The van der Waals surface area contributed by atoms with E-state index in [1.807, 2.05) is 32.0 Å². The summed E-state index contributed by atoms with van der Waals surface area (Å²) < 4.78 is 13.9. The van der Waals surface area contributed by atoms with Gasteiger partial charge in [0, 0.05) is 61.7 Å². The van der Waals surface area contributed by atoms with Gasteiger partial charge in [-0.3, -0.25) is 29.2 Å². The third-order valence-corrected chi connectivity index (χ3v) is 12.0. The Morgan fingerprint density at radius 2 is 1.92 bits per heavy atom. The van der Waals surface area contributed by atoms with Crippen LogP contribution in [-0.2, 0) is 54.6 Å². The number of benzene rings is 2. The Balaban J connectivity index is 1.47. The molecule has 1 saturated heterocycles. The number of carbonyl (C=O) groups excluding carboxylic acids is 4. The quantitative estimate of drug-likeness (QED) is 0.126. The van der Waals surface area contributed by atoms with Crippen LogP contribution in [0.15, 0.2) is 54.7 Å². The molecule has 4 atom stereocenters. The van der Waals surface area contributed by atoms with Gasteiger partial charge >= 0.3 is 5.97 Å². The van der Waals surface area contributed by atoms with Crippen LogP contribution in [0.3, 0.4) is 0 Å². The fourth-order valence-corrected chi connectivity index (χ4v) is 8.96. The topological polar surface area (TPSA) is 207 Å². The van der Waals surface area contributed by atoms with Crippen LogP contribution in [0.5, 0.6) is 5.75 Å². The molecule has 6 rings (SSSR count). The second-order valence-electron chi connectivity index (χ2n) is 17.8. The van der Waals surface area contributed by atoms with Gasteiger partial charge in [0.25, 0.3) is 5.91 Å². The number of aromatic hydroxyl groups is 1. The first-order chi connectivity index (χ1) is 29.6. The number of methoxy groups -OCH3 is 1. The van der Waals surface area contributed by atoms with Gasteiger partial charge in [-0.1, -0.05) is 39.8 Å². The maximum Gasteiger partial charge on any atom is 0.324 e. The zero-order chi connectivity index (χ0) is 44.9. The Morgan fingerprint density at radius 3 is 2.63 bits per heavy atom. The van der Waals surface area contributed by atoms with E-state index in [-0.39, 0.29) is 31.2 Å². The molecule has 0 saturated carbocycles. The van der Waals surface area contributed by atoms with Gasteiger partial charge in [-0.15, -0.1) is 0 Å². The number of likely N-dealkylation sites (N-methyl/N-ethyl adjacent to an activating group) is 1. The van der Waals surface area contributed by atoms with Gasteiger partial charge in [0.2, 0.25) is 11.8 Å². The maximum absolute atomic E-state index is 14.6. The van der Waals surface area contributed by atoms with E-state index >= 15 is 0 Å². The summed E-state index contributed by atoms with van der Waals surface area (Å²) in [5.74, 6) is -2.23. The van der Waals surface area contributed by atoms with Gasteiger partial charge in [0.1, 0.15) is 23.9 Å². The van der Waals surface area contributed by atoms with Crippen molar-refractivity contribution in [2.45, 2.75) is 110 Å². The van der Waals surface area contributed by atoms with Crippen LogP contribution >= 0.6 is 0 Å². The number of hydrogen-bond acceptors (Lipinski definition) is 11.